The molecule has 0 aromatic heterocycles. The molecule has 126 valence electrons. The van der Waals surface area contributed by atoms with Crippen molar-refractivity contribution in [1.82, 2.24) is 0 Å². The highest BCUT2D eigenvalue weighted by molar-refractivity contribution is 14.1. The van der Waals surface area contributed by atoms with E-state index in [9.17, 15) is 30.7 Å². The van der Waals surface area contributed by atoms with Gasteiger partial charge in [-0.05, 0) is 39.0 Å². The molecule has 0 amide bonds. The Balaban J connectivity index is 4.47. The first-order valence-corrected chi connectivity index (χ1v) is 7.73. The van der Waals surface area contributed by atoms with Gasteiger partial charge in [-0.1, -0.05) is 39.0 Å². The second kappa shape index (κ2) is 8.57. The lowest BCUT2D eigenvalue weighted by Gasteiger charge is -2.26. The standard InChI is InChI=1S/C13H18F7I/c1-2-3-4-5-6-7-8-10(21)9-11(14,15)12(16,17)13(18,19)20/h9H,2-8H2,1H3. The summed E-state index contributed by atoms with van der Waals surface area (Å²) in [7, 11) is 0. The number of alkyl halides is 7. The van der Waals surface area contributed by atoms with Crippen molar-refractivity contribution in [3.63, 3.8) is 0 Å². The van der Waals surface area contributed by atoms with Gasteiger partial charge in [0, 0.05) is 6.08 Å². The first-order chi connectivity index (χ1) is 9.45. The van der Waals surface area contributed by atoms with E-state index in [1.165, 1.54) is 22.6 Å². The van der Waals surface area contributed by atoms with E-state index in [0.29, 0.717) is 6.42 Å². The first kappa shape index (κ1) is 21.0. The van der Waals surface area contributed by atoms with E-state index in [1.807, 2.05) is 6.92 Å². The predicted octanol–water partition coefficient (Wildman–Crippen LogP) is 6.89. The van der Waals surface area contributed by atoms with Crippen molar-refractivity contribution >= 4 is 22.6 Å². The minimum absolute atomic E-state index is 0.0796. The molecular formula is C13H18F7I. The van der Waals surface area contributed by atoms with Crippen LogP contribution in [0.1, 0.15) is 51.9 Å². The zero-order valence-electron chi connectivity index (χ0n) is 11.6. The van der Waals surface area contributed by atoms with Crippen molar-refractivity contribution in [2.24, 2.45) is 0 Å². The van der Waals surface area contributed by atoms with Crippen LogP contribution in [0.25, 0.3) is 0 Å². The Labute approximate surface area is 133 Å². The molecule has 0 fully saturated rings. The summed E-state index contributed by atoms with van der Waals surface area (Å²) in [5, 5.41) is 0. The fourth-order valence-electron chi connectivity index (χ4n) is 1.62. The summed E-state index contributed by atoms with van der Waals surface area (Å²) in [5.41, 5.74) is 0. The molecule has 0 N–H and O–H groups in total. The molecule has 0 bridgehead atoms. The largest absolute Gasteiger partial charge is 0.460 e. The van der Waals surface area contributed by atoms with E-state index in [-0.39, 0.29) is 16.1 Å². The molecule has 0 aromatic rings. The molecule has 0 aromatic carbocycles. The van der Waals surface area contributed by atoms with E-state index in [2.05, 4.69) is 0 Å². The third-order valence-corrected chi connectivity index (χ3v) is 3.73. The number of unbranched alkanes of at least 4 members (excludes halogenated alkanes) is 5. The van der Waals surface area contributed by atoms with Crippen molar-refractivity contribution in [2.75, 3.05) is 0 Å². The highest BCUT2D eigenvalue weighted by atomic mass is 127. The second-order valence-corrected chi connectivity index (χ2v) is 6.19. The van der Waals surface area contributed by atoms with Gasteiger partial charge < -0.3 is 0 Å². The number of hydrogen-bond donors (Lipinski definition) is 0. The van der Waals surface area contributed by atoms with Crippen LogP contribution in [0.2, 0.25) is 0 Å². The maximum absolute atomic E-state index is 13.1. The fraction of sp³-hybridized carbons (Fsp3) is 0.846. The van der Waals surface area contributed by atoms with E-state index < -0.39 is 18.0 Å². The maximum atomic E-state index is 13.1. The summed E-state index contributed by atoms with van der Waals surface area (Å²) in [6, 6.07) is 0. The van der Waals surface area contributed by atoms with Crippen LogP contribution in [0.3, 0.4) is 0 Å². The van der Waals surface area contributed by atoms with Crippen LogP contribution in [0.4, 0.5) is 30.7 Å². The van der Waals surface area contributed by atoms with Crippen LogP contribution in [0.5, 0.6) is 0 Å². The summed E-state index contributed by atoms with van der Waals surface area (Å²) in [5.74, 6) is -11.3. The average Bonchev–Trinajstić information content (AvgIpc) is 2.31. The van der Waals surface area contributed by atoms with Crippen LogP contribution >= 0.6 is 22.6 Å². The third kappa shape index (κ3) is 6.73. The molecule has 0 aliphatic rings. The average molecular weight is 434 g/mol. The quantitative estimate of drug-likeness (QED) is 0.211. The Bertz CT molecular complexity index is 334. The zero-order valence-corrected chi connectivity index (χ0v) is 13.7. The van der Waals surface area contributed by atoms with Crippen molar-refractivity contribution in [3.05, 3.63) is 9.66 Å². The smallest absolute Gasteiger partial charge is 0.195 e. The second-order valence-electron chi connectivity index (χ2n) is 4.80. The van der Waals surface area contributed by atoms with Gasteiger partial charge in [0.25, 0.3) is 0 Å². The van der Waals surface area contributed by atoms with Crippen molar-refractivity contribution in [3.8, 4) is 0 Å². The molecule has 0 aliphatic heterocycles. The summed E-state index contributed by atoms with van der Waals surface area (Å²) in [6.07, 6.45) is -1.23. The van der Waals surface area contributed by atoms with Crippen LogP contribution in [-0.4, -0.2) is 18.0 Å². The van der Waals surface area contributed by atoms with Gasteiger partial charge in [0.2, 0.25) is 0 Å². The normalized spacial score (nSPS) is 14.6. The Morgan fingerprint density at radius 2 is 1.33 bits per heavy atom. The van der Waals surface area contributed by atoms with Gasteiger partial charge >= 0.3 is 18.0 Å². The summed E-state index contributed by atoms with van der Waals surface area (Å²) >= 11 is 1.38. The third-order valence-electron chi connectivity index (χ3n) is 2.88. The molecule has 0 unspecified atom stereocenters. The zero-order chi connectivity index (χ0) is 16.7. The molecule has 0 atom stereocenters. The molecule has 8 heteroatoms. The van der Waals surface area contributed by atoms with E-state index >= 15 is 0 Å². The van der Waals surface area contributed by atoms with Gasteiger partial charge in [-0.3, -0.25) is 0 Å². The summed E-state index contributed by atoms with van der Waals surface area (Å²) < 4.78 is 87.1. The van der Waals surface area contributed by atoms with Crippen LogP contribution in [-0.2, 0) is 0 Å². The lowest BCUT2D eigenvalue weighted by atomic mass is 10.1. The van der Waals surface area contributed by atoms with Crippen molar-refractivity contribution < 1.29 is 30.7 Å². The summed E-state index contributed by atoms with van der Waals surface area (Å²) in [4.78, 5) is 0. The molecule has 0 radical (unpaired) electrons. The highest BCUT2D eigenvalue weighted by Crippen LogP contribution is 2.48. The fourth-order valence-corrected chi connectivity index (χ4v) is 2.40. The number of halogens is 8. The first-order valence-electron chi connectivity index (χ1n) is 6.65. The van der Waals surface area contributed by atoms with Crippen LogP contribution in [0, 0.1) is 0 Å². The monoisotopic (exact) mass is 434 g/mol. The molecule has 0 rings (SSSR count). The minimum Gasteiger partial charge on any atom is -0.195 e. The van der Waals surface area contributed by atoms with E-state index in [0.717, 1.165) is 32.1 Å². The Morgan fingerprint density at radius 1 is 0.857 bits per heavy atom. The van der Waals surface area contributed by atoms with Crippen LogP contribution in [0.15, 0.2) is 9.66 Å². The van der Waals surface area contributed by atoms with Gasteiger partial charge in [0.15, 0.2) is 0 Å². The maximum Gasteiger partial charge on any atom is 0.460 e. The van der Waals surface area contributed by atoms with Gasteiger partial charge in [0.05, 0.1) is 0 Å². The Kier molecular flexibility index (Phi) is 8.56. The van der Waals surface area contributed by atoms with E-state index in [1.54, 1.807) is 0 Å². The SMILES string of the molecule is CCCCCCCCC(I)=CC(F)(F)C(F)(F)C(F)(F)F. The van der Waals surface area contributed by atoms with Gasteiger partial charge in [-0.15, -0.1) is 0 Å². The molecule has 0 spiro atoms. The molecule has 0 nitrogen and oxygen atoms in total. The topological polar surface area (TPSA) is 0 Å². The number of hydrogen-bond acceptors (Lipinski definition) is 0. The number of allylic oxidation sites excluding steroid dienone is 2. The lowest BCUT2D eigenvalue weighted by Crippen LogP contribution is -2.50. The Morgan fingerprint density at radius 3 is 1.81 bits per heavy atom. The minimum atomic E-state index is -6.27. The lowest BCUT2D eigenvalue weighted by molar-refractivity contribution is -0.341. The summed E-state index contributed by atoms with van der Waals surface area (Å²) in [6.45, 7) is 2.04. The molecule has 0 heterocycles. The van der Waals surface area contributed by atoms with E-state index in [4.69, 9.17) is 0 Å². The molecule has 21 heavy (non-hydrogen) atoms. The van der Waals surface area contributed by atoms with Gasteiger partial charge in [-0.25, -0.2) is 0 Å². The van der Waals surface area contributed by atoms with Gasteiger partial charge in [-0.2, -0.15) is 30.7 Å². The molecule has 0 aliphatic carbocycles. The highest BCUT2D eigenvalue weighted by Gasteiger charge is 2.72. The molecule has 0 saturated carbocycles. The number of rotatable bonds is 9. The van der Waals surface area contributed by atoms with Crippen molar-refractivity contribution in [2.45, 2.75) is 69.9 Å². The predicted molar refractivity (Wildman–Crippen MR) is 76.0 cm³/mol. The van der Waals surface area contributed by atoms with Gasteiger partial charge in [0.1, 0.15) is 0 Å². The van der Waals surface area contributed by atoms with Crippen molar-refractivity contribution in [1.29, 1.82) is 0 Å². The molecule has 0 saturated heterocycles. The molecular weight excluding hydrogens is 416 g/mol. The Hall–Kier alpha value is -0.0200. The van der Waals surface area contributed by atoms with Crippen LogP contribution < -0.4 is 0 Å².